The van der Waals surface area contributed by atoms with E-state index < -0.39 is 7.94 Å². The van der Waals surface area contributed by atoms with Crippen molar-refractivity contribution in [3.8, 4) is 0 Å². The van der Waals surface area contributed by atoms with Crippen molar-refractivity contribution in [2.75, 3.05) is 6.61 Å². The molecule has 0 aliphatic rings. The van der Waals surface area contributed by atoms with Crippen LogP contribution in [-0.4, -0.2) is 6.61 Å². The first-order valence-electron chi connectivity index (χ1n) is 3.27. The molecular formula is C5H11HfI3O. The zero-order chi connectivity index (χ0) is 8.04. The van der Waals surface area contributed by atoms with Crippen molar-refractivity contribution in [3.05, 3.63) is 0 Å². The van der Waals surface area contributed by atoms with Gasteiger partial charge >= 0.3 is 98.0 Å². The van der Waals surface area contributed by atoms with Crippen LogP contribution in [0.2, 0.25) is 0 Å². The number of hydrogen-bond donors (Lipinski definition) is 0. The van der Waals surface area contributed by atoms with Crippen LogP contribution in [0, 0.1) is 0 Å². The molecule has 0 aliphatic heterocycles. The van der Waals surface area contributed by atoms with Gasteiger partial charge in [0.1, 0.15) is 0 Å². The molecule has 0 aromatic heterocycles. The molecule has 0 fully saturated rings. The Morgan fingerprint density at radius 1 is 1.20 bits per heavy atom. The Morgan fingerprint density at radius 3 is 2.20 bits per heavy atom. The number of unbranched alkanes of at least 4 members (excludes halogenated alkanes) is 2. The van der Waals surface area contributed by atoms with Gasteiger partial charge in [-0.2, -0.15) is 0 Å². The fourth-order valence-electron chi connectivity index (χ4n) is 0.540. The molecular weight excluding hydrogens is 635 g/mol. The third-order valence-electron chi connectivity index (χ3n) is 1.01. The molecule has 0 atom stereocenters. The van der Waals surface area contributed by atoms with Crippen LogP contribution >= 0.6 is 54.4 Å². The fraction of sp³-hybridized carbons (Fsp3) is 1.00. The van der Waals surface area contributed by atoms with Crippen molar-refractivity contribution in [2.45, 2.75) is 26.2 Å². The molecule has 1 nitrogen and oxygen atoms in total. The van der Waals surface area contributed by atoms with E-state index in [-0.39, 0.29) is 0 Å². The van der Waals surface area contributed by atoms with Crippen molar-refractivity contribution in [2.24, 2.45) is 0 Å². The van der Waals surface area contributed by atoms with Gasteiger partial charge in [-0.15, -0.1) is 0 Å². The minimum atomic E-state index is -2.05. The van der Waals surface area contributed by atoms with Crippen LogP contribution in [-0.2, 0) is 10.8 Å². The summed E-state index contributed by atoms with van der Waals surface area (Å²) < 4.78 is 5.71. The quantitative estimate of drug-likeness (QED) is 0.246. The maximum atomic E-state index is 5.71. The predicted octanol–water partition coefficient (Wildman–Crippen LogP) is 4.31. The van der Waals surface area contributed by atoms with Crippen LogP contribution < -0.4 is 0 Å². The predicted molar refractivity (Wildman–Crippen MR) is 67.5 cm³/mol. The second-order valence-electron chi connectivity index (χ2n) is 2.00. The van der Waals surface area contributed by atoms with Crippen molar-refractivity contribution in [3.63, 3.8) is 0 Å². The molecule has 0 aromatic rings. The SMILES string of the molecule is CCCCC[O][Hf]([I])([I])[I]. The average molecular weight is 646 g/mol. The van der Waals surface area contributed by atoms with Crippen molar-refractivity contribution in [1.29, 1.82) is 0 Å². The average Bonchev–Trinajstić information content (AvgIpc) is 1.78. The minimum absolute atomic E-state index is 0.990. The van der Waals surface area contributed by atoms with E-state index in [9.17, 15) is 0 Å². The molecule has 0 N–H and O–H groups in total. The molecule has 0 bridgehead atoms. The Morgan fingerprint density at radius 2 is 1.80 bits per heavy atom. The standard InChI is InChI=1S/C5H11O.Hf.3HI/c1-2-3-4-5-6;;;;/h2-5H2,1H3;;3*1H/q-1;+4;;;/p-3. The van der Waals surface area contributed by atoms with Gasteiger partial charge < -0.3 is 0 Å². The van der Waals surface area contributed by atoms with Crippen LogP contribution in [0.15, 0.2) is 0 Å². The van der Waals surface area contributed by atoms with Gasteiger partial charge in [0.05, 0.1) is 0 Å². The summed E-state index contributed by atoms with van der Waals surface area (Å²) >= 11 is 7.51. The molecule has 5 heteroatoms. The zero-order valence-corrected chi connectivity index (χ0v) is 15.9. The van der Waals surface area contributed by atoms with Gasteiger partial charge in [0.2, 0.25) is 0 Å². The molecule has 0 aliphatic carbocycles. The summed E-state index contributed by atoms with van der Waals surface area (Å²) in [6, 6.07) is 0. The normalized spacial score (nSPS) is 12.0. The Kier molecular flexibility index (Phi) is 9.67. The summed E-state index contributed by atoms with van der Waals surface area (Å²) in [4.78, 5) is 0. The van der Waals surface area contributed by atoms with E-state index in [4.69, 9.17) is 2.85 Å². The summed E-state index contributed by atoms with van der Waals surface area (Å²) in [7, 11) is -2.05. The van der Waals surface area contributed by atoms with Gasteiger partial charge in [-0.1, -0.05) is 0 Å². The number of halogens is 3. The van der Waals surface area contributed by atoms with E-state index in [0.29, 0.717) is 0 Å². The van der Waals surface area contributed by atoms with Gasteiger partial charge in [0.15, 0.2) is 0 Å². The van der Waals surface area contributed by atoms with E-state index in [1.165, 1.54) is 19.3 Å². The van der Waals surface area contributed by atoms with Crippen molar-refractivity contribution >= 4 is 54.4 Å². The van der Waals surface area contributed by atoms with Gasteiger partial charge in [0.25, 0.3) is 0 Å². The Hall–Kier alpha value is 3.02. The first-order valence-corrected chi connectivity index (χ1v) is 35.3. The molecule has 10 heavy (non-hydrogen) atoms. The third kappa shape index (κ3) is 11.0. The van der Waals surface area contributed by atoms with Gasteiger partial charge in [0, 0.05) is 0 Å². The number of rotatable bonds is 5. The van der Waals surface area contributed by atoms with E-state index >= 15 is 0 Å². The topological polar surface area (TPSA) is 9.23 Å². The van der Waals surface area contributed by atoms with Crippen molar-refractivity contribution < 1.29 is 10.8 Å². The maximum absolute atomic E-state index is 5.71. The van der Waals surface area contributed by atoms with E-state index in [0.717, 1.165) is 6.61 Å². The molecule has 0 radical (unpaired) electrons. The number of hydrogen-bond acceptors (Lipinski definition) is 1. The van der Waals surface area contributed by atoms with E-state index in [2.05, 4.69) is 61.3 Å². The third-order valence-corrected chi connectivity index (χ3v) is 10.6. The molecule has 0 heterocycles. The van der Waals surface area contributed by atoms with E-state index in [1.54, 1.807) is 0 Å². The van der Waals surface area contributed by atoms with Crippen LogP contribution in [0.3, 0.4) is 0 Å². The molecule has 0 unspecified atom stereocenters. The molecule has 62 valence electrons. The summed E-state index contributed by atoms with van der Waals surface area (Å²) in [6.45, 7) is 3.21. The van der Waals surface area contributed by atoms with Gasteiger partial charge in [-0.3, -0.25) is 0 Å². The zero-order valence-electron chi connectivity index (χ0n) is 5.87. The Labute approximate surface area is 95.7 Å². The molecule has 0 saturated carbocycles. The monoisotopic (exact) mass is 648 g/mol. The summed E-state index contributed by atoms with van der Waals surface area (Å²) in [6.07, 6.45) is 3.85. The van der Waals surface area contributed by atoms with E-state index in [1.807, 2.05) is 0 Å². The van der Waals surface area contributed by atoms with Crippen LogP contribution in [0.1, 0.15) is 26.2 Å². The Balaban J connectivity index is 3.04. The van der Waals surface area contributed by atoms with Crippen LogP contribution in [0.4, 0.5) is 0 Å². The summed E-state index contributed by atoms with van der Waals surface area (Å²) in [5, 5.41) is 0. The fourth-order valence-corrected chi connectivity index (χ4v) is 7.30. The van der Waals surface area contributed by atoms with Crippen LogP contribution in [0.25, 0.3) is 0 Å². The second kappa shape index (κ2) is 7.43. The van der Waals surface area contributed by atoms with Gasteiger partial charge in [-0.05, 0) is 0 Å². The van der Waals surface area contributed by atoms with Crippen LogP contribution in [0.5, 0.6) is 0 Å². The molecule has 0 rings (SSSR count). The molecule has 0 spiro atoms. The summed E-state index contributed by atoms with van der Waals surface area (Å²) in [5.74, 6) is 0. The first kappa shape index (κ1) is 13.0. The summed E-state index contributed by atoms with van der Waals surface area (Å²) in [5.41, 5.74) is 0. The molecule has 0 saturated heterocycles. The molecule has 0 amide bonds. The van der Waals surface area contributed by atoms with Crippen molar-refractivity contribution in [1.82, 2.24) is 0 Å². The Bertz CT molecular complexity index is 83.5. The molecule has 0 aromatic carbocycles. The first-order chi connectivity index (χ1) is 4.56. The van der Waals surface area contributed by atoms with Gasteiger partial charge in [-0.25, -0.2) is 0 Å². The second-order valence-corrected chi connectivity index (χ2v) is 94.2.